The van der Waals surface area contributed by atoms with Gasteiger partial charge in [0.2, 0.25) is 0 Å². The average Bonchev–Trinajstić information content (AvgIpc) is 2.79. The van der Waals surface area contributed by atoms with Crippen LogP contribution in [-0.4, -0.2) is 32.1 Å². The standard InChI is InChI=1S/C28H32N2O5S/c1-20-9-8-12-24(17-20)36(33,34)19-22-13-15-23(16-14-22)29-27(32)30-25(26(31)35-28(2,3)4)18-21-10-6-5-7-11-21/h5-17,25H,18-19H2,1-4H3,(H2,29,30,32)/t25-/m0/s1. The summed E-state index contributed by atoms with van der Waals surface area (Å²) >= 11 is 0. The number of carbonyl (C=O) groups excluding carboxylic acids is 2. The molecular weight excluding hydrogens is 476 g/mol. The van der Waals surface area contributed by atoms with Gasteiger partial charge in [0, 0.05) is 12.1 Å². The molecule has 0 aliphatic rings. The maximum atomic E-state index is 12.7. The van der Waals surface area contributed by atoms with E-state index in [1.54, 1.807) is 63.2 Å². The van der Waals surface area contributed by atoms with E-state index in [1.807, 2.05) is 43.3 Å². The van der Waals surface area contributed by atoms with Gasteiger partial charge < -0.3 is 15.4 Å². The molecule has 190 valence electrons. The molecule has 0 saturated carbocycles. The quantitative estimate of drug-likeness (QED) is 0.415. The van der Waals surface area contributed by atoms with E-state index in [-0.39, 0.29) is 17.1 Å². The molecule has 0 unspecified atom stereocenters. The highest BCUT2D eigenvalue weighted by atomic mass is 32.2. The molecule has 0 saturated heterocycles. The zero-order chi connectivity index (χ0) is 26.3. The van der Waals surface area contributed by atoms with Gasteiger partial charge in [0.25, 0.3) is 0 Å². The van der Waals surface area contributed by atoms with E-state index in [1.165, 1.54) is 0 Å². The predicted octanol–water partition coefficient (Wildman–Crippen LogP) is 5.04. The average molecular weight is 509 g/mol. The van der Waals surface area contributed by atoms with Crippen molar-refractivity contribution in [1.29, 1.82) is 0 Å². The second kappa shape index (κ2) is 11.4. The molecule has 0 radical (unpaired) electrons. The molecule has 3 aromatic rings. The first kappa shape index (κ1) is 26.9. The van der Waals surface area contributed by atoms with E-state index < -0.39 is 33.5 Å². The Morgan fingerprint density at radius 2 is 1.56 bits per heavy atom. The fraction of sp³-hybridized carbons (Fsp3) is 0.286. The number of amides is 2. The summed E-state index contributed by atoms with van der Waals surface area (Å²) in [5.74, 6) is -0.681. The van der Waals surface area contributed by atoms with Crippen LogP contribution >= 0.6 is 0 Å². The van der Waals surface area contributed by atoms with Crippen molar-refractivity contribution in [2.75, 3.05) is 5.32 Å². The van der Waals surface area contributed by atoms with Crippen molar-refractivity contribution in [2.45, 2.75) is 56.4 Å². The van der Waals surface area contributed by atoms with Crippen LogP contribution in [0.15, 0.2) is 83.8 Å². The van der Waals surface area contributed by atoms with Crippen molar-refractivity contribution in [3.8, 4) is 0 Å². The maximum Gasteiger partial charge on any atom is 0.329 e. The Hall–Kier alpha value is -3.65. The van der Waals surface area contributed by atoms with Crippen LogP contribution in [0.25, 0.3) is 0 Å². The number of benzene rings is 3. The minimum absolute atomic E-state index is 0.152. The summed E-state index contributed by atoms with van der Waals surface area (Å²) in [6.07, 6.45) is 0.277. The van der Waals surface area contributed by atoms with E-state index in [2.05, 4.69) is 10.6 Å². The highest BCUT2D eigenvalue weighted by molar-refractivity contribution is 7.90. The van der Waals surface area contributed by atoms with Gasteiger partial charge in [0.05, 0.1) is 10.6 Å². The monoisotopic (exact) mass is 508 g/mol. The lowest BCUT2D eigenvalue weighted by molar-refractivity contribution is -0.157. The third kappa shape index (κ3) is 8.23. The topological polar surface area (TPSA) is 102 Å². The number of esters is 1. The summed E-state index contributed by atoms with van der Waals surface area (Å²) in [7, 11) is -3.49. The molecule has 0 bridgehead atoms. The smallest absolute Gasteiger partial charge is 0.329 e. The first-order valence-corrected chi connectivity index (χ1v) is 13.3. The van der Waals surface area contributed by atoms with Crippen LogP contribution < -0.4 is 10.6 Å². The van der Waals surface area contributed by atoms with Crippen molar-refractivity contribution in [2.24, 2.45) is 0 Å². The Morgan fingerprint density at radius 1 is 0.889 bits per heavy atom. The van der Waals surface area contributed by atoms with Gasteiger partial charge in [-0.3, -0.25) is 0 Å². The van der Waals surface area contributed by atoms with Gasteiger partial charge in [-0.1, -0.05) is 54.6 Å². The Kier molecular flexibility index (Phi) is 8.53. The lowest BCUT2D eigenvalue weighted by atomic mass is 10.1. The number of urea groups is 1. The lowest BCUT2D eigenvalue weighted by Crippen LogP contribution is -2.47. The SMILES string of the molecule is Cc1cccc(S(=O)(=O)Cc2ccc(NC(=O)N[C@@H](Cc3ccccc3)C(=O)OC(C)(C)C)cc2)c1. The van der Waals surface area contributed by atoms with Crippen LogP contribution in [0.1, 0.15) is 37.5 Å². The third-order valence-corrected chi connectivity index (χ3v) is 6.88. The molecule has 0 aliphatic heterocycles. The summed E-state index contributed by atoms with van der Waals surface area (Å²) < 4.78 is 30.9. The molecule has 3 rings (SSSR count). The second-order valence-corrected chi connectivity index (χ2v) is 11.6. The molecule has 3 aromatic carbocycles. The van der Waals surface area contributed by atoms with Crippen molar-refractivity contribution >= 4 is 27.5 Å². The molecule has 0 spiro atoms. The molecule has 2 amide bonds. The van der Waals surface area contributed by atoms with Crippen molar-refractivity contribution in [3.63, 3.8) is 0 Å². The van der Waals surface area contributed by atoms with Gasteiger partial charge in [0.15, 0.2) is 9.84 Å². The highest BCUT2D eigenvalue weighted by Gasteiger charge is 2.27. The molecular formula is C28H32N2O5S. The molecule has 8 heteroatoms. The molecule has 0 aliphatic carbocycles. The lowest BCUT2D eigenvalue weighted by Gasteiger charge is -2.24. The van der Waals surface area contributed by atoms with Crippen LogP contribution in [0.2, 0.25) is 0 Å². The summed E-state index contributed by atoms with van der Waals surface area (Å²) in [6, 6.07) is 21.2. The normalized spacial score (nSPS) is 12.4. The number of nitrogens with one attached hydrogen (secondary N) is 2. The molecule has 0 fully saturated rings. The Bertz CT molecular complexity index is 1300. The largest absolute Gasteiger partial charge is 0.458 e. The number of rotatable bonds is 8. The Balaban J connectivity index is 1.65. The first-order valence-electron chi connectivity index (χ1n) is 11.6. The minimum Gasteiger partial charge on any atom is -0.458 e. The van der Waals surface area contributed by atoms with E-state index in [0.717, 1.165) is 11.1 Å². The Labute approximate surface area is 212 Å². The zero-order valence-electron chi connectivity index (χ0n) is 20.9. The van der Waals surface area contributed by atoms with Crippen LogP contribution in [-0.2, 0) is 31.5 Å². The number of carbonyl (C=O) groups is 2. The Morgan fingerprint density at radius 3 is 2.17 bits per heavy atom. The van der Waals surface area contributed by atoms with Crippen molar-refractivity contribution in [1.82, 2.24) is 5.32 Å². The number of ether oxygens (including phenoxy) is 1. The van der Waals surface area contributed by atoms with Crippen LogP contribution in [0, 0.1) is 6.92 Å². The van der Waals surface area contributed by atoms with Crippen LogP contribution in [0.5, 0.6) is 0 Å². The zero-order valence-corrected chi connectivity index (χ0v) is 21.8. The number of hydrogen-bond acceptors (Lipinski definition) is 5. The highest BCUT2D eigenvalue weighted by Crippen LogP contribution is 2.19. The second-order valence-electron chi connectivity index (χ2n) is 9.65. The number of aryl methyl sites for hydroxylation is 1. The van der Waals surface area contributed by atoms with Crippen LogP contribution in [0.3, 0.4) is 0 Å². The van der Waals surface area contributed by atoms with Crippen molar-refractivity contribution < 1.29 is 22.7 Å². The number of hydrogen-bond donors (Lipinski definition) is 2. The van der Waals surface area contributed by atoms with Gasteiger partial charge in [-0.15, -0.1) is 0 Å². The summed E-state index contributed by atoms with van der Waals surface area (Å²) in [6.45, 7) is 7.15. The molecule has 0 aromatic heterocycles. The van der Waals surface area contributed by atoms with Crippen molar-refractivity contribution in [3.05, 3.63) is 95.6 Å². The van der Waals surface area contributed by atoms with E-state index in [9.17, 15) is 18.0 Å². The van der Waals surface area contributed by atoms with E-state index in [4.69, 9.17) is 4.74 Å². The van der Waals surface area contributed by atoms with Crippen LogP contribution in [0.4, 0.5) is 10.5 Å². The minimum atomic E-state index is -3.49. The van der Waals surface area contributed by atoms with Gasteiger partial charge in [-0.2, -0.15) is 0 Å². The molecule has 7 nitrogen and oxygen atoms in total. The number of anilines is 1. The molecule has 36 heavy (non-hydrogen) atoms. The van der Waals surface area contributed by atoms with E-state index >= 15 is 0 Å². The molecule has 1 atom stereocenters. The first-order chi connectivity index (χ1) is 16.9. The third-order valence-electron chi connectivity index (χ3n) is 5.20. The molecule has 2 N–H and O–H groups in total. The summed E-state index contributed by atoms with van der Waals surface area (Å²) in [5.41, 5.74) is 2.12. The predicted molar refractivity (Wildman–Crippen MR) is 140 cm³/mol. The number of sulfone groups is 1. The van der Waals surface area contributed by atoms with Gasteiger partial charge in [-0.05, 0) is 68.7 Å². The fourth-order valence-corrected chi connectivity index (χ4v) is 4.99. The van der Waals surface area contributed by atoms with Gasteiger partial charge in [-0.25, -0.2) is 18.0 Å². The molecule has 0 heterocycles. The summed E-state index contributed by atoms with van der Waals surface area (Å²) in [5, 5.41) is 5.39. The van der Waals surface area contributed by atoms with Gasteiger partial charge in [0.1, 0.15) is 11.6 Å². The maximum absolute atomic E-state index is 12.7. The fourth-order valence-electron chi connectivity index (χ4n) is 3.54. The summed E-state index contributed by atoms with van der Waals surface area (Å²) in [4.78, 5) is 25.7. The van der Waals surface area contributed by atoms with E-state index in [0.29, 0.717) is 11.3 Å². The van der Waals surface area contributed by atoms with Gasteiger partial charge >= 0.3 is 12.0 Å².